The summed E-state index contributed by atoms with van der Waals surface area (Å²) in [6.45, 7) is 0.133. The summed E-state index contributed by atoms with van der Waals surface area (Å²) in [5.74, 6) is 1.39. The van der Waals surface area contributed by atoms with Crippen LogP contribution in [0, 0.1) is 0 Å². The summed E-state index contributed by atoms with van der Waals surface area (Å²) < 4.78 is 10.4. The number of nitrogens with zero attached hydrogens (tertiary/aromatic N) is 1. The second-order valence-corrected chi connectivity index (χ2v) is 5.42. The van der Waals surface area contributed by atoms with E-state index >= 15 is 0 Å². The Kier molecular flexibility index (Phi) is 8.81. The van der Waals surface area contributed by atoms with Crippen molar-refractivity contribution in [3.8, 4) is 11.5 Å². The number of aliphatic imine (C=N–C) groups is 1. The van der Waals surface area contributed by atoms with Gasteiger partial charge in [0.2, 0.25) is 0 Å². The largest absolute Gasteiger partial charge is 0.493 e. The molecule has 0 aromatic heterocycles. The number of hydrogen-bond acceptors (Lipinski definition) is 4. The fourth-order valence-corrected chi connectivity index (χ4v) is 2.20. The van der Waals surface area contributed by atoms with Gasteiger partial charge < -0.3 is 25.6 Å². The van der Waals surface area contributed by atoms with Gasteiger partial charge in [0.15, 0.2) is 17.5 Å². The molecule has 136 valence electrons. The summed E-state index contributed by atoms with van der Waals surface area (Å²) in [7, 11) is 3.13. The molecule has 4 N–H and O–H groups in total. The van der Waals surface area contributed by atoms with Crippen molar-refractivity contribution in [3.63, 3.8) is 0 Å². The van der Waals surface area contributed by atoms with Gasteiger partial charge in [0.05, 0.1) is 26.9 Å². The van der Waals surface area contributed by atoms with Crippen LogP contribution in [-0.4, -0.2) is 31.8 Å². The Labute approximate surface area is 169 Å². The number of nitrogens with one attached hydrogen (secondary N) is 1. The van der Waals surface area contributed by atoms with E-state index in [1.54, 1.807) is 56.7 Å². The van der Waals surface area contributed by atoms with Crippen molar-refractivity contribution in [3.05, 3.63) is 53.1 Å². The van der Waals surface area contributed by atoms with E-state index in [0.29, 0.717) is 22.2 Å². The van der Waals surface area contributed by atoms with Crippen molar-refractivity contribution >= 4 is 47.2 Å². The number of benzene rings is 2. The van der Waals surface area contributed by atoms with Gasteiger partial charge in [-0.05, 0) is 29.8 Å². The summed E-state index contributed by atoms with van der Waals surface area (Å²) in [5, 5.41) is 13.7. The number of halogens is 2. The van der Waals surface area contributed by atoms with Crippen molar-refractivity contribution < 1.29 is 14.6 Å². The van der Waals surface area contributed by atoms with Crippen LogP contribution in [0.3, 0.4) is 0 Å². The molecule has 0 heterocycles. The van der Waals surface area contributed by atoms with Gasteiger partial charge in [0.1, 0.15) is 0 Å². The number of methoxy groups -OCH3 is 2. The minimum Gasteiger partial charge on any atom is -0.493 e. The molecule has 0 saturated carbocycles. The Morgan fingerprint density at radius 3 is 2.40 bits per heavy atom. The number of rotatable bonds is 6. The maximum Gasteiger partial charge on any atom is 0.193 e. The molecule has 0 saturated heterocycles. The molecule has 2 rings (SSSR count). The van der Waals surface area contributed by atoms with E-state index in [0.717, 1.165) is 5.56 Å². The minimum absolute atomic E-state index is 0. The Morgan fingerprint density at radius 1 is 1.16 bits per heavy atom. The fraction of sp³-hybridized carbons (Fsp3) is 0.235. The number of aliphatic hydroxyl groups is 1. The molecule has 0 amide bonds. The first-order valence-corrected chi connectivity index (χ1v) is 7.63. The van der Waals surface area contributed by atoms with Crippen LogP contribution in [0.1, 0.15) is 11.7 Å². The molecule has 0 bridgehead atoms. The highest BCUT2D eigenvalue weighted by molar-refractivity contribution is 14.0. The van der Waals surface area contributed by atoms with Gasteiger partial charge in [-0.2, -0.15) is 0 Å². The summed E-state index contributed by atoms with van der Waals surface area (Å²) >= 11 is 5.82. The van der Waals surface area contributed by atoms with E-state index in [1.807, 2.05) is 0 Å². The molecule has 6 nitrogen and oxygen atoms in total. The molecular formula is C17H21ClIN3O3. The Hall–Kier alpha value is -1.71. The molecule has 1 unspecified atom stereocenters. The maximum absolute atomic E-state index is 10.1. The maximum atomic E-state index is 10.1. The summed E-state index contributed by atoms with van der Waals surface area (Å²) in [6.07, 6.45) is -0.756. The molecule has 2 aromatic carbocycles. The van der Waals surface area contributed by atoms with Gasteiger partial charge in [0, 0.05) is 16.8 Å². The Bertz CT molecular complexity index is 711. The van der Waals surface area contributed by atoms with Gasteiger partial charge in [-0.15, -0.1) is 24.0 Å². The molecular weight excluding hydrogens is 457 g/mol. The number of nitrogens with two attached hydrogens (primary N) is 1. The molecule has 0 fully saturated rings. The summed E-state index contributed by atoms with van der Waals surface area (Å²) in [5.41, 5.74) is 7.28. The van der Waals surface area contributed by atoms with E-state index in [1.165, 1.54) is 0 Å². The third-order valence-corrected chi connectivity index (χ3v) is 3.60. The minimum atomic E-state index is -0.756. The zero-order valence-corrected chi connectivity index (χ0v) is 17.0. The van der Waals surface area contributed by atoms with E-state index < -0.39 is 6.10 Å². The van der Waals surface area contributed by atoms with E-state index in [2.05, 4.69) is 10.3 Å². The zero-order valence-electron chi connectivity index (χ0n) is 13.9. The summed E-state index contributed by atoms with van der Waals surface area (Å²) in [4.78, 5) is 4.14. The molecule has 1 atom stereocenters. The number of hydrogen-bond donors (Lipinski definition) is 3. The smallest absolute Gasteiger partial charge is 0.193 e. The van der Waals surface area contributed by atoms with E-state index in [4.69, 9.17) is 26.8 Å². The van der Waals surface area contributed by atoms with Crippen LogP contribution in [-0.2, 0) is 0 Å². The van der Waals surface area contributed by atoms with Gasteiger partial charge in [0.25, 0.3) is 0 Å². The lowest BCUT2D eigenvalue weighted by Crippen LogP contribution is -2.23. The van der Waals surface area contributed by atoms with Crippen LogP contribution in [0.2, 0.25) is 5.02 Å². The van der Waals surface area contributed by atoms with Crippen molar-refractivity contribution in [2.75, 3.05) is 26.1 Å². The fourth-order valence-electron chi connectivity index (χ4n) is 2.08. The first kappa shape index (κ1) is 21.3. The van der Waals surface area contributed by atoms with Crippen LogP contribution in [0.4, 0.5) is 5.69 Å². The van der Waals surface area contributed by atoms with Crippen LogP contribution >= 0.6 is 35.6 Å². The third kappa shape index (κ3) is 6.26. The van der Waals surface area contributed by atoms with Crippen molar-refractivity contribution in [2.45, 2.75) is 6.10 Å². The molecule has 2 aromatic rings. The third-order valence-electron chi connectivity index (χ3n) is 3.35. The van der Waals surface area contributed by atoms with Crippen molar-refractivity contribution in [1.82, 2.24) is 0 Å². The normalized spacial score (nSPS) is 12.1. The van der Waals surface area contributed by atoms with E-state index in [-0.39, 0.29) is 36.5 Å². The average Bonchev–Trinajstić information content (AvgIpc) is 2.60. The van der Waals surface area contributed by atoms with Gasteiger partial charge in [-0.25, -0.2) is 0 Å². The molecule has 0 aliphatic rings. The SMILES string of the molecule is COc1ccc(NC(N)=NCC(O)c2ccc(Cl)cc2)cc1OC.I. The Morgan fingerprint density at radius 2 is 1.80 bits per heavy atom. The van der Waals surface area contributed by atoms with E-state index in [9.17, 15) is 5.11 Å². The number of anilines is 1. The highest BCUT2D eigenvalue weighted by Crippen LogP contribution is 2.29. The van der Waals surface area contributed by atoms with Crippen LogP contribution in [0.15, 0.2) is 47.5 Å². The zero-order chi connectivity index (χ0) is 17.5. The van der Waals surface area contributed by atoms with Crippen LogP contribution < -0.4 is 20.5 Å². The highest BCUT2D eigenvalue weighted by atomic mass is 127. The predicted molar refractivity (Wildman–Crippen MR) is 111 cm³/mol. The lowest BCUT2D eigenvalue weighted by molar-refractivity contribution is 0.187. The second-order valence-electron chi connectivity index (χ2n) is 4.99. The molecule has 25 heavy (non-hydrogen) atoms. The first-order valence-electron chi connectivity index (χ1n) is 7.26. The van der Waals surface area contributed by atoms with Gasteiger partial charge >= 0.3 is 0 Å². The molecule has 0 aliphatic heterocycles. The van der Waals surface area contributed by atoms with Gasteiger partial charge in [-0.3, -0.25) is 4.99 Å². The quantitative estimate of drug-likeness (QED) is 0.337. The van der Waals surface area contributed by atoms with Gasteiger partial charge in [-0.1, -0.05) is 23.7 Å². The lowest BCUT2D eigenvalue weighted by atomic mass is 10.1. The monoisotopic (exact) mass is 477 g/mol. The summed E-state index contributed by atoms with van der Waals surface area (Å²) in [6, 6.07) is 12.2. The molecule has 0 radical (unpaired) electrons. The number of guanidine groups is 1. The second kappa shape index (κ2) is 10.3. The van der Waals surface area contributed by atoms with Crippen LogP contribution in [0.5, 0.6) is 11.5 Å². The molecule has 0 aliphatic carbocycles. The lowest BCUT2D eigenvalue weighted by Gasteiger charge is -2.12. The molecule has 8 heteroatoms. The average molecular weight is 478 g/mol. The first-order chi connectivity index (χ1) is 11.5. The van der Waals surface area contributed by atoms with Crippen LogP contribution in [0.25, 0.3) is 0 Å². The standard InChI is InChI=1S/C17H20ClN3O3.HI/c1-23-15-8-7-13(9-16(15)24-2)21-17(19)20-10-14(22)11-3-5-12(18)6-4-11;/h3-9,14,22H,10H2,1-2H3,(H3,19,20,21);1H. The predicted octanol–water partition coefficient (Wildman–Crippen LogP) is 3.44. The molecule has 0 spiro atoms. The van der Waals surface area contributed by atoms with Crippen molar-refractivity contribution in [2.24, 2.45) is 10.7 Å². The van der Waals surface area contributed by atoms with Crippen molar-refractivity contribution in [1.29, 1.82) is 0 Å². The topological polar surface area (TPSA) is 89.1 Å². The highest BCUT2D eigenvalue weighted by Gasteiger charge is 2.08. The number of ether oxygens (including phenoxy) is 2. The number of aliphatic hydroxyl groups excluding tert-OH is 1. The Balaban J connectivity index is 0.00000312.